The van der Waals surface area contributed by atoms with Crippen molar-refractivity contribution in [3.8, 4) is 11.6 Å². The monoisotopic (exact) mass is 435 g/mol. The van der Waals surface area contributed by atoms with E-state index in [0.29, 0.717) is 15.0 Å². The van der Waals surface area contributed by atoms with Crippen LogP contribution in [0.1, 0.15) is 5.56 Å². The Morgan fingerprint density at radius 3 is 2.43 bits per heavy atom. The Labute approximate surface area is 181 Å². The molecule has 1 aromatic heterocycles. The Morgan fingerprint density at radius 1 is 1.07 bits per heavy atom. The molecule has 1 amide bonds. The lowest BCUT2D eigenvalue weighted by molar-refractivity contribution is -0.385. The third kappa shape index (κ3) is 4.22. The number of hydrogen-bond acceptors (Lipinski definition) is 7. The molecular weight excluding hydrogens is 422 g/mol. The Bertz CT molecular complexity index is 1150. The van der Waals surface area contributed by atoms with Crippen LogP contribution in [0.4, 0.5) is 11.4 Å². The number of amides is 1. The molecule has 0 spiro atoms. The van der Waals surface area contributed by atoms with E-state index in [1.54, 1.807) is 30.3 Å². The Balaban J connectivity index is 1.48. The third-order valence-corrected chi connectivity index (χ3v) is 5.44. The molecule has 1 aliphatic rings. The Morgan fingerprint density at radius 2 is 1.80 bits per heavy atom. The van der Waals surface area contributed by atoms with E-state index in [4.69, 9.17) is 17.0 Å². The van der Waals surface area contributed by atoms with Crippen LogP contribution in [0.3, 0.4) is 0 Å². The maximum atomic E-state index is 12.8. The van der Waals surface area contributed by atoms with Gasteiger partial charge in [0.05, 0.1) is 15.5 Å². The number of aromatic nitrogens is 1. The number of carbonyl (C=O) groups is 1. The van der Waals surface area contributed by atoms with Crippen LogP contribution in [0.15, 0.2) is 77.8 Å². The number of anilines is 1. The first-order valence-corrected chi connectivity index (χ1v) is 9.95. The van der Waals surface area contributed by atoms with Gasteiger partial charge in [0.15, 0.2) is 4.32 Å². The molecule has 30 heavy (non-hydrogen) atoms. The molecule has 3 aromatic rings. The summed E-state index contributed by atoms with van der Waals surface area (Å²) in [5, 5.41) is 10.7. The molecule has 0 radical (unpaired) electrons. The summed E-state index contributed by atoms with van der Waals surface area (Å²) in [6, 6.07) is 19.1. The van der Waals surface area contributed by atoms with Gasteiger partial charge in [0, 0.05) is 12.1 Å². The van der Waals surface area contributed by atoms with E-state index >= 15 is 0 Å². The van der Waals surface area contributed by atoms with Crippen molar-refractivity contribution in [1.29, 1.82) is 0 Å². The fourth-order valence-corrected chi connectivity index (χ4v) is 4.01. The molecule has 9 heteroatoms. The molecule has 148 valence electrons. The number of benzene rings is 2. The van der Waals surface area contributed by atoms with Gasteiger partial charge in [-0.3, -0.25) is 19.8 Å². The number of nitro groups is 1. The van der Waals surface area contributed by atoms with Gasteiger partial charge in [-0.2, -0.15) is 0 Å². The first-order valence-electron chi connectivity index (χ1n) is 8.72. The van der Waals surface area contributed by atoms with E-state index in [1.807, 2.05) is 30.3 Å². The molecule has 1 saturated heterocycles. The van der Waals surface area contributed by atoms with Crippen LogP contribution in [0, 0.1) is 10.1 Å². The third-order valence-electron chi connectivity index (χ3n) is 4.14. The molecular formula is C21H13N3O4S2. The SMILES string of the molecule is O=C1/C(=C\c2ccc(Oc3ccc([N+](=O)[O-])cn3)cc2)SC(=S)N1c1ccccc1. The normalized spacial score (nSPS) is 14.9. The predicted octanol–water partition coefficient (Wildman–Crippen LogP) is 5.19. The quantitative estimate of drug-likeness (QED) is 0.236. The maximum absolute atomic E-state index is 12.8. The minimum atomic E-state index is -0.522. The van der Waals surface area contributed by atoms with E-state index in [9.17, 15) is 14.9 Å². The van der Waals surface area contributed by atoms with Gasteiger partial charge in [-0.1, -0.05) is 54.3 Å². The lowest BCUT2D eigenvalue weighted by Crippen LogP contribution is -2.27. The van der Waals surface area contributed by atoms with E-state index in [1.165, 1.54) is 28.8 Å². The smallest absolute Gasteiger partial charge is 0.287 e. The Hall–Kier alpha value is -3.56. The molecule has 0 bridgehead atoms. The molecule has 1 aliphatic heterocycles. The molecule has 2 heterocycles. The molecule has 0 N–H and O–H groups in total. The minimum Gasteiger partial charge on any atom is -0.439 e. The second kappa shape index (κ2) is 8.44. The van der Waals surface area contributed by atoms with Crippen molar-refractivity contribution in [2.75, 3.05) is 4.90 Å². The standard InChI is InChI=1S/C21H13N3O4S2/c25-20-18(30-21(29)23(20)15-4-2-1-3-5-15)12-14-6-9-17(10-7-14)28-19-11-8-16(13-22-19)24(26)27/h1-13H/b18-12+. The highest BCUT2D eigenvalue weighted by Gasteiger charge is 2.33. The van der Waals surface area contributed by atoms with Crippen molar-refractivity contribution < 1.29 is 14.5 Å². The van der Waals surface area contributed by atoms with Gasteiger partial charge >= 0.3 is 0 Å². The average molecular weight is 435 g/mol. The van der Waals surface area contributed by atoms with Gasteiger partial charge < -0.3 is 4.74 Å². The zero-order valence-electron chi connectivity index (χ0n) is 15.3. The van der Waals surface area contributed by atoms with Crippen LogP contribution in [0.25, 0.3) is 6.08 Å². The highest BCUT2D eigenvalue weighted by molar-refractivity contribution is 8.27. The first-order chi connectivity index (χ1) is 14.5. The highest BCUT2D eigenvalue weighted by Crippen LogP contribution is 2.36. The molecule has 2 aromatic carbocycles. The zero-order valence-corrected chi connectivity index (χ0v) is 16.9. The van der Waals surface area contributed by atoms with Gasteiger partial charge in [-0.25, -0.2) is 4.98 Å². The number of rotatable bonds is 5. The van der Waals surface area contributed by atoms with Crippen molar-refractivity contribution in [2.45, 2.75) is 0 Å². The number of pyridine rings is 1. The molecule has 4 rings (SSSR count). The molecule has 0 aliphatic carbocycles. The van der Waals surface area contributed by atoms with Crippen LogP contribution in [0.2, 0.25) is 0 Å². The predicted molar refractivity (Wildman–Crippen MR) is 120 cm³/mol. The van der Waals surface area contributed by atoms with Crippen LogP contribution < -0.4 is 9.64 Å². The van der Waals surface area contributed by atoms with Crippen molar-refractivity contribution in [3.63, 3.8) is 0 Å². The lowest BCUT2D eigenvalue weighted by Gasteiger charge is -2.13. The van der Waals surface area contributed by atoms with Crippen LogP contribution in [-0.2, 0) is 4.79 Å². The summed E-state index contributed by atoms with van der Waals surface area (Å²) in [6.45, 7) is 0. The van der Waals surface area contributed by atoms with Crippen molar-refractivity contribution >= 4 is 51.7 Å². The number of para-hydroxylation sites is 1. The van der Waals surface area contributed by atoms with Crippen molar-refractivity contribution in [3.05, 3.63) is 93.5 Å². The number of nitrogens with zero attached hydrogens (tertiary/aromatic N) is 3. The minimum absolute atomic E-state index is 0.106. The zero-order chi connectivity index (χ0) is 21.1. The Kier molecular flexibility index (Phi) is 5.55. The molecule has 1 fully saturated rings. The van der Waals surface area contributed by atoms with Crippen molar-refractivity contribution in [1.82, 2.24) is 4.98 Å². The van der Waals surface area contributed by atoms with E-state index in [0.717, 1.165) is 17.4 Å². The molecule has 0 unspecified atom stereocenters. The maximum Gasteiger partial charge on any atom is 0.287 e. The molecule has 0 saturated carbocycles. The summed E-state index contributed by atoms with van der Waals surface area (Å²) in [4.78, 5) is 28.9. The van der Waals surface area contributed by atoms with Crippen LogP contribution in [-0.4, -0.2) is 20.1 Å². The summed E-state index contributed by atoms with van der Waals surface area (Å²) < 4.78 is 6.08. The van der Waals surface area contributed by atoms with Gasteiger partial charge in [-0.15, -0.1) is 0 Å². The van der Waals surface area contributed by atoms with Gasteiger partial charge in [0.2, 0.25) is 5.88 Å². The van der Waals surface area contributed by atoms with E-state index in [2.05, 4.69) is 4.98 Å². The number of ether oxygens (including phenoxy) is 1. The molecule has 0 atom stereocenters. The number of thioether (sulfide) groups is 1. The highest BCUT2D eigenvalue weighted by atomic mass is 32.2. The number of hydrogen-bond donors (Lipinski definition) is 0. The van der Waals surface area contributed by atoms with Crippen molar-refractivity contribution in [2.24, 2.45) is 0 Å². The summed E-state index contributed by atoms with van der Waals surface area (Å²) in [5.74, 6) is 0.606. The second-order valence-corrected chi connectivity index (χ2v) is 7.81. The van der Waals surface area contributed by atoms with Crippen LogP contribution >= 0.6 is 24.0 Å². The second-order valence-electron chi connectivity index (χ2n) is 6.14. The van der Waals surface area contributed by atoms with E-state index < -0.39 is 4.92 Å². The summed E-state index contributed by atoms with van der Waals surface area (Å²) in [5.41, 5.74) is 1.45. The molecule has 7 nitrogen and oxygen atoms in total. The largest absolute Gasteiger partial charge is 0.439 e. The average Bonchev–Trinajstić information content (AvgIpc) is 3.03. The van der Waals surface area contributed by atoms with Gasteiger partial charge in [0.1, 0.15) is 11.9 Å². The van der Waals surface area contributed by atoms with Gasteiger partial charge in [-0.05, 0) is 35.9 Å². The van der Waals surface area contributed by atoms with E-state index in [-0.39, 0.29) is 17.5 Å². The number of thiocarbonyl (C=S) groups is 1. The van der Waals surface area contributed by atoms with Gasteiger partial charge in [0.25, 0.3) is 11.6 Å². The summed E-state index contributed by atoms with van der Waals surface area (Å²) >= 11 is 6.62. The fraction of sp³-hybridized carbons (Fsp3) is 0. The lowest BCUT2D eigenvalue weighted by atomic mass is 10.2. The van der Waals surface area contributed by atoms with Crippen LogP contribution in [0.5, 0.6) is 11.6 Å². The topological polar surface area (TPSA) is 85.6 Å². The number of carbonyl (C=O) groups excluding carboxylic acids is 1. The fourth-order valence-electron chi connectivity index (χ4n) is 2.71. The summed E-state index contributed by atoms with van der Waals surface area (Å²) in [6.07, 6.45) is 2.91. The first kappa shape index (κ1) is 19.7. The summed E-state index contributed by atoms with van der Waals surface area (Å²) in [7, 11) is 0.